The van der Waals surface area contributed by atoms with Gasteiger partial charge in [-0.1, -0.05) is 30.3 Å². The summed E-state index contributed by atoms with van der Waals surface area (Å²) in [6.07, 6.45) is 2.68. The quantitative estimate of drug-likeness (QED) is 0.336. The summed E-state index contributed by atoms with van der Waals surface area (Å²) in [4.78, 5) is 22.2. The fraction of sp³-hybridized carbons (Fsp3) is 0.167. The summed E-state index contributed by atoms with van der Waals surface area (Å²) in [6, 6.07) is 12.8. The molecule has 0 aliphatic carbocycles. The molecule has 0 saturated carbocycles. The molecule has 0 saturated heterocycles. The number of nitrogens with one attached hydrogen (secondary N) is 1. The van der Waals surface area contributed by atoms with Crippen molar-refractivity contribution in [3.63, 3.8) is 0 Å². The van der Waals surface area contributed by atoms with Crippen LogP contribution in [0.15, 0.2) is 54.6 Å². The first-order chi connectivity index (χ1) is 12.1. The molecule has 0 aliphatic rings. The second kappa shape index (κ2) is 9.58. The predicted octanol–water partition coefficient (Wildman–Crippen LogP) is 3.80. The van der Waals surface area contributed by atoms with Crippen molar-refractivity contribution in [2.45, 2.75) is 5.75 Å². The first-order valence-electron chi connectivity index (χ1n) is 7.58. The SMILES string of the molecule is O=C(/C=C/c1ccccc1[N+](=O)[O-])NCCSCc1ccccc1F. The van der Waals surface area contributed by atoms with E-state index in [1.807, 2.05) is 0 Å². The van der Waals surface area contributed by atoms with Crippen molar-refractivity contribution in [1.82, 2.24) is 5.32 Å². The Hall–Kier alpha value is -2.67. The number of hydrogen-bond donors (Lipinski definition) is 1. The molecule has 0 aromatic heterocycles. The molecule has 0 atom stereocenters. The van der Waals surface area contributed by atoms with Gasteiger partial charge in [-0.3, -0.25) is 14.9 Å². The van der Waals surface area contributed by atoms with E-state index in [2.05, 4.69) is 5.32 Å². The zero-order valence-corrected chi connectivity index (χ0v) is 14.2. The van der Waals surface area contributed by atoms with E-state index < -0.39 is 4.92 Å². The number of benzene rings is 2. The highest BCUT2D eigenvalue weighted by Gasteiger charge is 2.09. The molecule has 1 N–H and O–H groups in total. The van der Waals surface area contributed by atoms with E-state index in [4.69, 9.17) is 0 Å². The molecule has 0 unspecified atom stereocenters. The fourth-order valence-corrected chi connectivity index (χ4v) is 2.91. The molecule has 0 heterocycles. The van der Waals surface area contributed by atoms with Gasteiger partial charge in [0.05, 0.1) is 10.5 Å². The Morgan fingerprint density at radius 2 is 1.92 bits per heavy atom. The average Bonchev–Trinajstić information content (AvgIpc) is 2.61. The molecule has 0 spiro atoms. The van der Waals surface area contributed by atoms with Crippen molar-refractivity contribution >= 4 is 29.4 Å². The number of carbonyl (C=O) groups is 1. The molecule has 2 aromatic rings. The molecule has 5 nitrogen and oxygen atoms in total. The Balaban J connectivity index is 1.74. The van der Waals surface area contributed by atoms with Gasteiger partial charge in [-0.25, -0.2) is 4.39 Å². The highest BCUT2D eigenvalue weighted by Crippen LogP contribution is 2.18. The number of nitro benzene ring substituents is 1. The molecule has 7 heteroatoms. The lowest BCUT2D eigenvalue weighted by Crippen LogP contribution is -2.23. The zero-order chi connectivity index (χ0) is 18.1. The third kappa shape index (κ3) is 6.04. The largest absolute Gasteiger partial charge is 0.352 e. The average molecular weight is 360 g/mol. The van der Waals surface area contributed by atoms with Crippen LogP contribution in [0.2, 0.25) is 0 Å². The molecular weight excluding hydrogens is 343 g/mol. The second-order valence-corrected chi connectivity index (χ2v) is 6.19. The molecule has 0 bridgehead atoms. The van der Waals surface area contributed by atoms with Gasteiger partial charge in [-0.15, -0.1) is 0 Å². The van der Waals surface area contributed by atoms with E-state index in [0.29, 0.717) is 29.2 Å². The topological polar surface area (TPSA) is 72.2 Å². The number of rotatable bonds is 8. The normalized spacial score (nSPS) is 10.8. The van der Waals surface area contributed by atoms with Crippen molar-refractivity contribution in [3.05, 3.63) is 81.7 Å². The van der Waals surface area contributed by atoms with Crippen LogP contribution in [0, 0.1) is 15.9 Å². The maximum absolute atomic E-state index is 13.4. The summed E-state index contributed by atoms with van der Waals surface area (Å²) >= 11 is 1.52. The van der Waals surface area contributed by atoms with E-state index in [1.54, 1.807) is 36.4 Å². The minimum atomic E-state index is -0.489. The standard InChI is InChI=1S/C18H17FN2O3S/c19-16-7-3-1-6-15(16)13-25-12-11-20-18(22)10-9-14-5-2-4-8-17(14)21(23)24/h1-10H,11-13H2,(H,20,22)/b10-9+. The van der Waals surface area contributed by atoms with Crippen LogP contribution in [-0.4, -0.2) is 23.1 Å². The first kappa shape index (κ1) is 18.7. The van der Waals surface area contributed by atoms with Gasteiger partial charge in [0, 0.05) is 30.2 Å². The van der Waals surface area contributed by atoms with Crippen LogP contribution in [0.1, 0.15) is 11.1 Å². The Bertz CT molecular complexity index is 780. The van der Waals surface area contributed by atoms with Gasteiger partial charge in [-0.05, 0) is 23.8 Å². The molecule has 1 amide bonds. The van der Waals surface area contributed by atoms with Crippen molar-refractivity contribution < 1.29 is 14.1 Å². The van der Waals surface area contributed by atoms with E-state index in [9.17, 15) is 19.3 Å². The van der Waals surface area contributed by atoms with E-state index in [0.717, 1.165) is 0 Å². The van der Waals surface area contributed by atoms with Gasteiger partial charge in [0.15, 0.2) is 0 Å². The van der Waals surface area contributed by atoms with Crippen LogP contribution in [0.25, 0.3) is 6.08 Å². The minimum absolute atomic E-state index is 0.0491. The molecule has 0 fully saturated rings. The summed E-state index contributed by atoms with van der Waals surface area (Å²) in [5, 5.41) is 13.6. The maximum atomic E-state index is 13.4. The van der Waals surface area contributed by atoms with Crippen LogP contribution in [0.5, 0.6) is 0 Å². The number of nitro groups is 1. The molecule has 130 valence electrons. The molecular formula is C18H17FN2O3S. The van der Waals surface area contributed by atoms with Gasteiger partial charge in [-0.2, -0.15) is 11.8 Å². The predicted molar refractivity (Wildman–Crippen MR) is 97.7 cm³/mol. The molecule has 25 heavy (non-hydrogen) atoms. The molecule has 0 radical (unpaired) electrons. The number of para-hydroxylation sites is 1. The second-order valence-electron chi connectivity index (χ2n) is 5.08. The Morgan fingerprint density at radius 3 is 2.68 bits per heavy atom. The maximum Gasteiger partial charge on any atom is 0.276 e. The van der Waals surface area contributed by atoms with Crippen molar-refractivity contribution in [1.29, 1.82) is 0 Å². The molecule has 2 rings (SSSR count). The summed E-state index contributed by atoms with van der Waals surface area (Å²) in [6.45, 7) is 0.430. The zero-order valence-electron chi connectivity index (χ0n) is 13.4. The lowest BCUT2D eigenvalue weighted by atomic mass is 10.1. The van der Waals surface area contributed by atoms with Crippen molar-refractivity contribution in [2.24, 2.45) is 0 Å². The lowest BCUT2D eigenvalue weighted by molar-refractivity contribution is -0.385. The number of amides is 1. The van der Waals surface area contributed by atoms with Crippen LogP contribution >= 0.6 is 11.8 Å². The summed E-state index contributed by atoms with van der Waals surface area (Å²) in [7, 11) is 0. The van der Waals surface area contributed by atoms with Crippen LogP contribution < -0.4 is 5.32 Å². The number of thioether (sulfide) groups is 1. The third-order valence-corrected chi connectivity index (χ3v) is 4.32. The van der Waals surface area contributed by atoms with Crippen molar-refractivity contribution in [2.75, 3.05) is 12.3 Å². The van der Waals surface area contributed by atoms with E-state index >= 15 is 0 Å². The highest BCUT2D eigenvalue weighted by atomic mass is 32.2. The monoisotopic (exact) mass is 360 g/mol. The van der Waals surface area contributed by atoms with Crippen LogP contribution in [0.4, 0.5) is 10.1 Å². The molecule has 0 aliphatic heterocycles. The van der Waals surface area contributed by atoms with Gasteiger partial charge < -0.3 is 5.32 Å². The Labute approximate surface area is 149 Å². The number of nitrogens with zero attached hydrogens (tertiary/aromatic N) is 1. The van der Waals surface area contributed by atoms with Gasteiger partial charge in [0.1, 0.15) is 5.82 Å². The van der Waals surface area contributed by atoms with Crippen molar-refractivity contribution in [3.8, 4) is 0 Å². The Kier molecular flexibility index (Phi) is 7.16. The van der Waals surface area contributed by atoms with Gasteiger partial charge in [0.2, 0.25) is 5.91 Å². The summed E-state index contributed by atoms with van der Waals surface area (Å²) in [5.74, 6) is 0.615. The van der Waals surface area contributed by atoms with Gasteiger partial charge in [0.25, 0.3) is 5.69 Å². The number of carbonyl (C=O) groups excluding carboxylic acids is 1. The fourth-order valence-electron chi connectivity index (χ4n) is 2.06. The first-order valence-corrected chi connectivity index (χ1v) is 8.74. The van der Waals surface area contributed by atoms with Crippen LogP contribution in [-0.2, 0) is 10.5 Å². The Morgan fingerprint density at radius 1 is 1.20 bits per heavy atom. The number of halogens is 1. The smallest absolute Gasteiger partial charge is 0.276 e. The van der Waals surface area contributed by atoms with Crippen LogP contribution in [0.3, 0.4) is 0 Å². The van der Waals surface area contributed by atoms with Gasteiger partial charge >= 0.3 is 0 Å². The lowest BCUT2D eigenvalue weighted by Gasteiger charge is -2.04. The highest BCUT2D eigenvalue weighted by molar-refractivity contribution is 7.98. The van der Waals surface area contributed by atoms with E-state index in [1.165, 1.54) is 36.0 Å². The molecule has 2 aromatic carbocycles. The third-order valence-electron chi connectivity index (χ3n) is 3.31. The summed E-state index contributed by atoms with van der Waals surface area (Å²) < 4.78 is 13.4. The number of hydrogen-bond acceptors (Lipinski definition) is 4. The van der Waals surface area contributed by atoms with E-state index in [-0.39, 0.29) is 17.4 Å². The summed E-state index contributed by atoms with van der Waals surface area (Å²) in [5.41, 5.74) is 0.957. The minimum Gasteiger partial charge on any atom is -0.352 e.